The van der Waals surface area contributed by atoms with Gasteiger partial charge in [-0.2, -0.15) is 5.10 Å². The normalized spacial score (nSPS) is 18.0. The second-order valence-electron chi connectivity index (χ2n) is 7.91. The van der Waals surface area contributed by atoms with Crippen LogP contribution in [0.15, 0.2) is 60.6 Å². The predicted octanol–water partition coefficient (Wildman–Crippen LogP) is 3.15. The van der Waals surface area contributed by atoms with Gasteiger partial charge in [0, 0.05) is 36.6 Å². The molecule has 0 radical (unpaired) electrons. The van der Waals surface area contributed by atoms with Gasteiger partial charge in [0.25, 0.3) is 0 Å². The van der Waals surface area contributed by atoms with Crippen LogP contribution in [0.2, 0.25) is 0 Å². The quantitative estimate of drug-likeness (QED) is 0.537. The molecule has 2 aliphatic rings. The molecule has 1 atom stereocenters. The van der Waals surface area contributed by atoms with Crippen molar-refractivity contribution in [2.24, 2.45) is 7.05 Å². The van der Waals surface area contributed by atoms with Crippen LogP contribution in [0.5, 0.6) is 0 Å². The Kier molecular flexibility index (Phi) is 4.69. The molecule has 3 aromatic rings. The van der Waals surface area contributed by atoms with Crippen LogP contribution in [0.1, 0.15) is 36.1 Å². The molecule has 154 valence electrons. The lowest BCUT2D eigenvalue weighted by atomic mass is 9.93. The van der Waals surface area contributed by atoms with Gasteiger partial charge in [0.2, 0.25) is 0 Å². The van der Waals surface area contributed by atoms with Gasteiger partial charge in [-0.25, -0.2) is 0 Å². The van der Waals surface area contributed by atoms with E-state index in [0.717, 1.165) is 41.0 Å². The third kappa shape index (κ3) is 3.32. The maximum Gasteiger partial charge on any atom is 0.0814 e. The zero-order chi connectivity index (χ0) is 20.7. The molecule has 0 spiro atoms. The molecule has 7 nitrogen and oxygen atoms in total. The lowest BCUT2D eigenvalue weighted by Gasteiger charge is -2.21. The van der Waals surface area contributed by atoms with Gasteiger partial charge in [-0.3, -0.25) is 9.69 Å². The summed E-state index contributed by atoms with van der Waals surface area (Å²) in [5, 5.41) is 19.6. The van der Waals surface area contributed by atoms with Crippen LogP contribution in [0.3, 0.4) is 0 Å². The molecular formula is C23H26N6O. The molecule has 2 aliphatic heterocycles. The fraction of sp³-hybridized carbons (Fsp3) is 0.261. The van der Waals surface area contributed by atoms with Crippen molar-refractivity contribution >= 4 is 11.4 Å². The number of hydrazine groups is 2. The first-order valence-corrected chi connectivity index (χ1v) is 10.2. The third-order valence-corrected chi connectivity index (χ3v) is 5.84. The number of aliphatic hydroxyl groups excluding tert-OH is 1. The highest BCUT2D eigenvalue weighted by molar-refractivity contribution is 5.75. The molecule has 4 N–H and O–H groups in total. The van der Waals surface area contributed by atoms with Crippen LogP contribution < -0.4 is 16.3 Å². The molecule has 30 heavy (non-hydrogen) atoms. The van der Waals surface area contributed by atoms with Crippen LogP contribution in [-0.4, -0.2) is 26.4 Å². The van der Waals surface area contributed by atoms with Gasteiger partial charge in [-0.15, -0.1) is 5.53 Å². The maximum atomic E-state index is 9.32. The van der Waals surface area contributed by atoms with Crippen LogP contribution in [0.4, 0.5) is 5.69 Å². The van der Waals surface area contributed by atoms with Gasteiger partial charge in [0.1, 0.15) is 0 Å². The van der Waals surface area contributed by atoms with E-state index in [0.29, 0.717) is 0 Å². The Morgan fingerprint density at radius 2 is 2.00 bits per heavy atom. The zero-order valence-electron chi connectivity index (χ0n) is 17.2. The Balaban J connectivity index is 1.58. The number of allylic oxidation sites excluding steroid dienone is 1. The summed E-state index contributed by atoms with van der Waals surface area (Å²) in [5.41, 5.74) is 15.6. The van der Waals surface area contributed by atoms with Gasteiger partial charge >= 0.3 is 0 Å². The van der Waals surface area contributed by atoms with Gasteiger partial charge in [-0.1, -0.05) is 24.3 Å². The van der Waals surface area contributed by atoms with E-state index in [4.69, 9.17) is 0 Å². The van der Waals surface area contributed by atoms with Crippen molar-refractivity contribution < 1.29 is 5.11 Å². The molecule has 0 saturated carbocycles. The van der Waals surface area contributed by atoms with Crippen LogP contribution in [-0.2, 0) is 13.7 Å². The first-order valence-electron chi connectivity index (χ1n) is 10.2. The van der Waals surface area contributed by atoms with Crippen LogP contribution in [0, 0.1) is 0 Å². The smallest absolute Gasteiger partial charge is 0.0814 e. The molecule has 1 unspecified atom stereocenters. The third-order valence-electron chi connectivity index (χ3n) is 5.84. The van der Waals surface area contributed by atoms with Crippen LogP contribution >= 0.6 is 0 Å². The minimum Gasteiger partial charge on any atom is -0.392 e. The van der Waals surface area contributed by atoms with E-state index < -0.39 is 0 Å². The van der Waals surface area contributed by atoms with E-state index in [2.05, 4.69) is 51.5 Å². The average molecular weight is 403 g/mol. The minimum atomic E-state index is 0.0576. The summed E-state index contributed by atoms with van der Waals surface area (Å²) in [6, 6.07) is 14.8. The standard InChI is InChI=1S/C23H26N6O/c1-15-23-20-8-5-17(18-12-24-28(2)13-18)11-21(20)22(9-10-29(23)27-26-15)25-19-6-3-16(14-30)4-7-19/h3-8,11-13,22,25-27,30H,9-10,14H2,1-2H3. The highest BCUT2D eigenvalue weighted by Crippen LogP contribution is 2.39. The lowest BCUT2D eigenvalue weighted by molar-refractivity contribution is 0.281. The van der Waals surface area contributed by atoms with E-state index in [1.165, 1.54) is 16.8 Å². The van der Waals surface area contributed by atoms with E-state index in [9.17, 15) is 5.11 Å². The minimum absolute atomic E-state index is 0.0576. The number of aryl methyl sites for hydroxylation is 1. The maximum absolute atomic E-state index is 9.32. The Hall–Kier alpha value is -3.29. The summed E-state index contributed by atoms with van der Waals surface area (Å²) in [6.07, 6.45) is 4.89. The molecule has 1 aromatic heterocycles. The average Bonchev–Trinajstić information content (AvgIpc) is 3.32. The number of hydrogen-bond acceptors (Lipinski definition) is 6. The molecular weight excluding hydrogens is 376 g/mol. The van der Waals surface area contributed by atoms with Gasteiger partial charge in [-0.05, 0) is 48.2 Å². The number of aliphatic hydroxyl groups is 1. The Labute approximate surface area is 176 Å². The highest BCUT2D eigenvalue weighted by Gasteiger charge is 2.30. The fourth-order valence-electron chi connectivity index (χ4n) is 4.27. The Morgan fingerprint density at radius 1 is 1.17 bits per heavy atom. The molecule has 2 aromatic carbocycles. The number of hydrogen-bond donors (Lipinski definition) is 4. The van der Waals surface area contributed by atoms with E-state index in [-0.39, 0.29) is 12.6 Å². The topological polar surface area (TPSA) is 77.4 Å². The summed E-state index contributed by atoms with van der Waals surface area (Å²) < 4.78 is 1.83. The predicted molar refractivity (Wildman–Crippen MR) is 118 cm³/mol. The molecule has 7 heteroatoms. The molecule has 3 heterocycles. The second kappa shape index (κ2) is 7.51. The van der Waals surface area contributed by atoms with Gasteiger partial charge in [0.15, 0.2) is 0 Å². The summed E-state index contributed by atoms with van der Waals surface area (Å²) in [7, 11) is 1.94. The summed E-state index contributed by atoms with van der Waals surface area (Å²) >= 11 is 0. The van der Waals surface area contributed by atoms with Crippen molar-refractivity contribution in [2.45, 2.75) is 26.0 Å². The largest absolute Gasteiger partial charge is 0.392 e. The molecule has 0 fully saturated rings. The van der Waals surface area contributed by atoms with Crippen molar-refractivity contribution in [3.63, 3.8) is 0 Å². The molecule has 0 saturated heterocycles. The van der Waals surface area contributed by atoms with E-state index in [1.807, 2.05) is 48.4 Å². The monoisotopic (exact) mass is 402 g/mol. The van der Waals surface area contributed by atoms with Crippen molar-refractivity contribution in [3.8, 4) is 11.1 Å². The highest BCUT2D eigenvalue weighted by atomic mass is 16.3. The SMILES string of the molecule is CC1=C2c3ccc(-c4cnn(C)c4)cc3C(Nc3ccc(CO)cc3)CCN2NN1. The van der Waals surface area contributed by atoms with E-state index >= 15 is 0 Å². The van der Waals surface area contributed by atoms with Crippen LogP contribution in [0.25, 0.3) is 16.8 Å². The number of aromatic nitrogens is 2. The molecule has 5 rings (SSSR count). The fourth-order valence-corrected chi connectivity index (χ4v) is 4.27. The molecule has 0 aliphatic carbocycles. The van der Waals surface area contributed by atoms with Crippen molar-refractivity contribution in [1.82, 2.24) is 25.7 Å². The van der Waals surface area contributed by atoms with Crippen molar-refractivity contribution in [2.75, 3.05) is 11.9 Å². The van der Waals surface area contributed by atoms with Crippen molar-refractivity contribution in [1.29, 1.82) is 0 Å². The Morgan fingerprint density at radius 3 is 2.73 bits per heavy atom. The molecule has 0 bridgehead atoms. The molecule has 0 amide bonds. The summed E-state index contributed by atoms with van der Waals surface area (Å²) in [6.45, 7) is 3.04. The first kappa shape index (κ1) is 18.7. The number of fused-ring (bicyclic) bond motifs is 3. The lowest BCUT2D eigenvalue weighted by Crippen LogP contribution is -2.37. The number of anilines is 1. The van der Waals surface area contributed by atoms with Gasteiger partial charge < -0.3 is 15.8 Å². The number of benzene rings is 2. The summed E-state index contributed by atoms with van der Waals surface area (Å²) in [5.74, 6) is 0. The van der Waals surface area contributed by atoms with Gasteiger partial charge in [0.05, 0.1) is 30.2 Å². The number of nitrogens with zero attached hydrogens (tertiary/aromatic N) is 3. The summed E-state index contributed by atoms with van der Waals surface area (Å²) in [4.78, 5) is 0. The first-order chi connectivity index (χ1) is 14.6. The zero-order valence-corrected chi connectivity index (χ0v) is 17.2. The van der Waals surface area contributed by atoms with E-state index in [1.54, 1.807) is 0 Å². The Bertz CT molecular complexity index is 1100. The number of rotatable bonds is 4. The number of nitrogens with one attached hydrogen (secondary N) is 3. The second-order valence-corrected chi connectivity index (χ2v) is 7.91. The van der Waals surface area contributed by atoms with Crippen molar-refractivity contribution in [3.05, 3.63) is 77.2 Å².